The molecule has 0 atom stereocenters. The molecule has 0 saturated carbocycles. The maximum Gasteiger partial charge on any atom is 0.329 e. The lowest BCUT2D eigenvalue weighted by Gasteiger charge is -2.10. The molecule has 0 aliphatic carbocycles. The van der Waals surface area contributed by atoms with Crippen LogP contribution in [0, 0.1) is 0 Å². The predicted molar refractivity (Wildman–Crippen MR) is 128 cm³/mol. The zero-order chi connectivity index (χ0) is 23.1. The number of nitrogens with zero attached hydrogens (tertiary/aromatic N) is 1. The van der Waals surface area contributed by atoms with E-state index in [9.17, 15) is 9.59 Å². The molecule has 3 rings (SSSR count). The highest BCUT2D eigenvalue weighted by molar-refractivity contribution is 6.45. The Bertz CT molecular complexity index is 1180. The fourth-order valence-corrected chi connectivity index (χ4v) is 3.17. The molecule has 0 aliphatic rings. The van der Waals surface area contributed by atoms with Crippen molar-refractivity contribution in [2.75, 3.05) is 5.32 Å². The first-order valence-corrected chi connectivity index (χ1v) is 10.6. The summed E-state index contributed by atoms with van der Waals surface area (Å²) in [5.41, 5.74) is 3.79. The van der Waals surface area contributed by atoms with E-state index in [-0.39, 0.29) is 22.3 Å². The van der Waals surface area contributed by atoms with E-state index in [0.717, 1.165) is 5.56 Å². The Morgan fingerprint density at radius 3 is 2.44 bits per heavy atom. The molecular formula is C22H15Cl4N3O3. The number of carbonyl (C=O) groups excluding carboxylic acids is 2. The minimum atomic E-state index is -0.980. The van der Waals surface area contributed by atoms with Gasteiger partial charge in [0.25, 0.3) is 0 Å². The molecule has 0 saturated heterocycles. The summed E-state index contributed by atoms with van der Waals surface area (Å²) in [7, 11) is 0. The molecule has 164 valence electrons. The molecule has 0 bridgehead atoms. The lowest BCUT2D eigenvalue weighted by Crippen LogP contribution is -2.32. The van der Waals surface area contributed by atoms with Gasteiger partial charge in [0.1, 0.15) is 12.4 Å². The Kier molecular flexibility index (Phi) is 8.36. The predicted octanol–water partition coefficient (Wildman–Crippen LogP) is 5.97. The van der Waals surface area contributed by atoms with Gasteiger partial charge in [-0.3, -0.25) is 9.59 Å². The molecule has 2 amide bonds. The third-order valence-electron chi connectivity index (χ3n) is 4.07. The van der Waals surface area contributed by atoms with Gasteiger partial charge in [-0.1, -0.05) is 70.7 Å². The van der Waals surface area contributed by atoms with Crippen LogP contribution >= 0.6 is 46.4 Å². The van der Waals surface area contributed by atoms with Crippen LogP contribution in [0.5, 0.6) is 5.75 Å². The quantitative estimate of drug-likeness (QED) is 0.243. The summed E-state index contributed by atoms with van der Waals surface area (Å²) in [6.07, 6.45) is 1.36. The molecule has 0 fully saturated rings. The second-order valence-corrected chi connectivity index (χ2v) is 7.93. The third kappa shape index (κ3) is 6.37. The van der Waals surface area contributed by atoms with Crippen molar-refractivity contribution in [2.45, 2.75) is 6.61 Å². The zero-order valence-corrected chi connectivity index (χ0v) is 19.3. The highest BCUT2D eigenvalue weighted by atomic mass is 35.5. The van der Waals surface area contributed by atoms with Crippen LogP contribution in [-0.2, 0) is 16.2 Å². The van der Waals surface area contributed by atoms with Gasteiger partial charge >= 0.3 is 11.8 Å². The number of hydrogen-bond donors (Lipinski definition) is 2. The Labute approximate surface area is 204 Å². The second-order valence-electron chi connectivity index (χ2n) is 6.33. The monoisotopic (exact) mass is 509 g/mol. The minimum Gasteiger partial charge on any atom is -0.488 e. The zero-order valence-electron chi connectivity index (χ0n) is 16.2. The van der Waals surface area contributed by atoms with Gasteiger partial charge in [0.05, 0.1) is 32.0 Å². The van der Waals surface area contributed by atoms with Crippen molar-refractivity contribution >= 4 is 70.1 Å². The van der Waals surface area contributed by atoms with E-state index < -0.39 is 11.8 Å². The lowest BCUT2D eigenvalue weighted by atomic mass is 10.2. The van der Waals surface area contributed by atoms with Crippen molar-refractivity contribution in [3.8, 4) is 5.75 Å². The summed E-state index contributed by atoms with van der Waals surface area (Å²) < 4.78 is 5.81. The van der Waals surface area contributed by atoms with Crippen molar-refractivity contribution in [1.29, 1.82) is 0 Å². The number of hydrazone groups is 1. The van der Waals surface area contributed by atoms with E-state index in [2.05, 4.69) is 15.8 Å². The van der Waals surface area contributed by atoms with E-state index in [1.165, 1.54) is 12.3 Å². The van der Waals surface area contributed by atoms with Crippen LogP contribution in [0.15, 0.2) is 65.8 Å². The number of hydrogen-bond acceptors (Lipinski definition) is 4. The van der Waals surface area contributed by atoms with Crippen LogP contribution in [0.1, 0.15) is 11.1 Å². The first-order valence-electron chi connectivity index (χ1n) is 9.09. The van der Waals surface area contributed by atoms with Crippen molar-refractivity contribution in [3.63, 3.8) is 0 Å². The third-order valence-corrected chi connectivity index (χ3v) is 5.63. The van der Waals surface area contributed by atoms with Crippen molar-refractivity contribution in [2.24, 2.45) is 5.10 Å². The van der Waals surface area contributed by atoms with Crippen LogP contribution in [-0.4, -0.2) is 18.0 Å². The smallest absolute Gasteiger partial charge is 0.329 e. The molecular weight excluding hydrogens is 496 g/mol. The standard InChI is InChI=1S/C22H15Cl4N3O3/c23-15-9-8-13(10-17(15)25)12-32-19-7-2-1-4-14(19)11-27-29-22(31)21(30)28-18-6-3-5-16(24)20(18)26/h1-11H,12H2,(H,28,30)(H,29,31)/b27-11-. The summed E-state index contributed by atoms with van der Waals surface area (Å²) in [6.45, 7) is 0.247. The molecule has 0 aliphatic heterocycles. The molecule has 0 aromatic heterocycles. The number of amides is 2. The van der Waals surface area contributed by atoms with Crippen molar-refractivity contribution < 1.29 is 14.3 Å². The molecule has 0 unspecified atom stereocenters. The molecule has 0 radical (unpaired) electrons. The number of carbonyl (C=O) groups is 2. The van der Waals surface area contributed by atoms with Gasteiger partial charge in [0.2, 0.25) is 0 Å². The molecule has 10 heteroatoms. The summed E-state index contributed by atoms with van der Waals surface area (Å²) >= 11 is 23.8. The van der Waals surface area contributed by atoms with Crippen LogP contribution < -0.4 is 15.5 Å². The van der Waals surface area contributed by atoms with Crippen molar-refractivity contribution in [3.05, 3.63) is 91.9 Å². The normalized spacial score (nSPS) is 10.8. The Morgan fingerprint density at radius 2 is 1.66 bits per heavy atom. The van der Waals surface area contributed by atoms with E-state index in [1.54, 1.807) is 54.6 Å². The highest BCUT2D eigenvalue weighted by Gasteiger charge is 2.15. The van der Waals surface area contributed by atoms with Crippen LogP contribution in [0.4, 0.5) is 5.69 Å². The summed E-state index contributed by atoms with van der Waals surface area (Å²) in [5, 5.41) is 7.47. The molecule has 2 N–H and O–H groups in total. The average molecular weight is 511 g/mol. The maximum atomic E-state index is 12.1. The van der Waals surface area contributed by atoms with Gasteiger partial charge in [0, 0.05) is 5.56 Å². The van der Waals surface area contributed by atoms with Crippen LogP contribution in [0.25, 0.3) is 0 Å². The average Bonchev–Trinajstić information content (AvgIpc) is 2.78. The number of benzene rings is 3. The molecule has 0 spiro atoms. The fraction of sp³-hybridized carbons (Fsp3) is 0.0455. The van der Waals surface area contributed by atoms with Gasteiger partial charge in [-0.05, 0) is 42.0 Å². The summed E-state index contributed by atoms with van der Waals surface area (Å²) in [5.74, 6) is -1.41. The molecule has 6 nitrogen and oxygen atoms in total. The number of anilines is 1. The number of para-hydroxylation sites is 1. The Hall–Kier alpha value is -2.77. The fourth-order valence-electron chi connectivity index (χ4n) is 2.50. The number of nitrogens with one attached hydrogen (secondary N) is 2. The number of rotatable bonds is 6. The largest absolute Gasteiger partial charge is 0.488 e. The van der Waals surface area contributed by atoms with Crippen molar-refractivity contribution in [1.82, 2.24) is 5.43 Å². The topological polar surface area (TPSA) is 79.8 Å². The van der Waals surface area contributed by atoms with E-state index in [4.69, 9.17) is 51.1 Å². The first-order chi connectivity index (χ1) is 15.3. The maximum absolute atomic E-state index is 12.1. The molecule has 3 aromatic carbocycles. The number of ether oxygens (including phenoxy) is 1. The minimum absolute atomic E-state index is 0.131. The second kappa shape index (κ2) is 11.2. The molecule has 3 aromatic rings. The van der Waals surface area contributed by atoms with Gasteiger partial charge < -0.3 is 10.1 Å². The van der Waals surface area contributed by atoms with Crippen LogP contribution in [0.3, 0.4) is 0 Å². The van der Waals surface area contributed by atoms with Gasteiger partial charge in [0.15, 0.2) is 0 Å². The highest BCUT2D eigenvalue weighted by Crippen LogP contribution is 2.29. The van der Waals surface area contributed by atoms with Gasteiger partial charge in [-0.25, -0.2) is 5.43 Å². The summed E-state index contributed by atoms with van der Waals surface area (Å²) in [6, 6.07) is 16.9. The Balaban J connectivity index is 1.60. The van der Waals surface area contributed by atoms with Gasteiger partial charge in [-0.2, -0.15) is 5.10 Å². The number of halogens is 4. The molecule has 0 heterocycles. The molecule has 32 heavy (non-hydrogen) atoms. The summed E-state index contributed by atoms with van der Waals surface area (Å²) in [4.78, 5) is 24.1. The van der Waals surface area contributed by atoms with E-state index in [0.29, 0.717) is 21.4 Å². The first kappa shape index (κ1) is 23.9. The van der Waals surface area contributed by atoms with Gasteiger partial charge in [-0.15, -0.1) is 0 Å². The SMILES string of the molecule is O=C(N/N=C\c1ccccc1OCc1ccc(Cl)c(Cl)c1)C(=O)Nc1cccc(Cl)c1Cl. The van der Waals surface area contributed by atoms with E-state index in [1.807, 2.05) is 0 Å². The lowest BCUT2D eigenvalue weighted by molar-refractivity contribution is -0.136. The Morgan fingerprint density at radius 1 is 0.875 bits per heavy atom. The van der Waals surface area contributed by atoms with E-state index >= 15 is 0 Å². The van der Waals surface area contributed by atoms with Crippen LogP contribution in [0.2, 0.25) is 20.1 Å².